The van der Waals surface area contributed by atoms with Crippen molar-refractivity contribution in [2.45, 2.75) is 6.54 Å². The van der Waals surface area contributed by atoms with Crippen molar-refractivity contribution < 1.29 is 0 Å². The van der Waals surface area contributed by atoms with Gasteiger partial charge in [0, 0.05) is 35.4 Å². The average Bonchev–Trinajstić information content (AvgIpc) is 2.38. The van der Waals surface area contributed by atoms with Crippen LogP contribution in [-0.4, -0.2) is 30.1 Å². The Morgan fingerprint density at radius 3 is 2.53 bits per heavy atom. The fraction of sp³-hybridized carbons (Fsp3) is 0.267. The lowest BCUT2D eigenvalue weighted by molar-refractivity contribution is 0.381. The number of pyridine rings is 1. The zero-order valence-corrected chi connectivity index (χ0v) is 12.7. The number of likely N-dealkylation sites (N-methyl/N-ethyl adjacent to an activating group) is 1. The number of nitrogens with zero attached hydrogens (tertiary/aromatic N) is 2. The van der Waals surface area contributed by atoms with Crippen molar-refractivity contribution in [3.63, 3.8) is 0 Å². The Morgan fingerprint density at radius 2 is 1.89 bits per heavy atom. The largest absolute Gasteiger partial charge is 0.314 e. The predicted octanol–water partition coefficient (Wildman–Crippen LogP) is 2.84. The molecule has 0 N–H and O–H groups in total. The van der Waals surface area contributed by atoms with Crippen molar-refractivity contribution in [1.82, 2.24) is 9.47 Å². The molecule has 1 heterocycles. The molecule has 1 aromatic carbocycles. The van der Waals surface area contributed by atoms with Crippen molar-refractivity contribution >= 4 is 15.9 Å². The smallest absolute Gasteiger partial charge is 0.251 e. The Labute approximate surface area is 121 Å². The predicted molar refractivity (Wildman–Crippen MR) is 82.4 cm³/mol. The summed E-state index contributed by atoms with van der Waals surface area (Å²) in [5.41, 5.74) is 2.17. The molecule has 0 aliphatic carbocycles. The standard InChI is InChI=1S/C15H17BrN2O/c1-17(2)8-9-18-11-13(14(16)10-15(18)19)12-6-4-3-5-7-12/h3-7,10-11H,8-9H2,1-2H3. The third-order valence-electron chi connectivity index (χ3n) is 2.95. The van der Waals surface area contributed by atoms with Gasteiger partial charge in [-0.15, -0.1) is 0 Å². The number of hydrogen-bond acceptors (Lipinski definition) is 2. The molecular weight excluding hydrogens is 304 g/mol. The van der Waals surface area contributed by atoms with Crippen LogP contribution in [0.3, 0.4) is 0 Å². The maximum Gasteiger partial charge on any atom is 0.251 e. The van der Waals surface area contributed by atoms with Gasteiger partial charge < -0.3 is 9.47 Å². The van der Waals surface area contributed by atoms with Crippen LogP contribution >= 0.6 is 15.9 Å². The molecule has 0 unspecified atom stereocenters. The van der Waals surface area contributed by atoms with Crippen molar-refractivity contribution in [2.75, 3.05) is 20.6 Å². The van der Waals surface area contributed by atoms with Crippen molar-refractivity contribution in [2.24, 2.45) is 0 Å². The molecule has 3 nitrogen and oxygen atoms in total. The van der Waals surface area contributed by atoms with Crippen LogP contribution < -0.4 is 5.56 Å². The highest BCUT2D eigenvalue weighted by Crippen LogP contribution is 2.26. The van der Waals surface area contributed by atoms with Crippen molar-refractivity contribution in [1.29, 1.82) is 0 Å². The first kappa shape index (κ1) is 14.0. The third-order valence-corrected chi connectivity index (χ3v) is 3.60. The van der Waals surface area contributed by atoms with E-state index in [9.17, 15) is 4.79 Å². The van der Waals surface area contributed by atoms with Gasteiger partial charge >= 0.3 is 0 Å². The van der Waals surface area contributed by atoms with Gasteiger partial charge in [-0.3, -0.25) is 4.79 Å². The van der Waals surface area contributed by atoms with Gasteiger partial charge in [0.05, 0.1) is 0 Å². The van der Waals surface area contributed by atoms with Gasteiger partial charge in [0.2, 0.25) is 0 Å². The molecule has 0 aliphatic heterocycles. The second-order valence-electron chi connectivity index (χ2n) is 4.74. The van der Waals surface area contributed by atoms with E-state index in [2.05, 4.69) is 20.8 Å². The first-order valence-corrected chi connectivity index (χ1v) is 6.97. The molecule has 2 aromatic rings. The number of benzene rings is 1. The van der Waals surface area contributed by atoms with E-state index in [1.807, 2.05) is 50.6 Å². The van der Waals surface area contributed by atoms with Crippen LogP contribution in [0, 0.1) is 0 Å². The summed E-state index contributed by atoms with van der Waals surface area (Å²) in [6, 6.07) is 11.7. The van der Waals surface area contributed by atoms with Gasteiger partial charge in [-0.05, 0) is 35.6 Å². The maximum atomic E-state index is 12.0. The minimum atomic E-state index is 0.0217. The van der Waals surface area contributed by atoms with Crippen LogP contribution in [0.25, 0.3) is 11.1 Å². The fourth-order valence-corrected chi connectivity index (χ4v) is 2.39. The van der Waals surface area contributed by atoms with E-state index in [0.717, 1.165) is 22.1 Å². The third kappa shape index (κ3) is 3.55. The van der Waals surface area contributed by atoms with E-state index < -0.39 is 0 Å². The molecule has 0 spiro atoms. The van der Waals surface area contributed by atoms with Crippen LogP contribution in [0.15, 0.2) is 51.9 Å². The molecular formula is C15H17BrN2O. The highest BCUT2D eigenvalue weighted by molar-refractivity contribution is 9.10. The minimum Gasteiger partial charge on any atom is -0.314 e. The lowest BCUT2D eigenvalue weighted by Gasteiger charge is -2.13. The normalized spacial score (nSPS) is 10.9. The van der Waals surface area contributed by atoms with Gasteiger partial charge in [-0.2, -0.15) is 0 Å². The zero-order chi connectivity index (χ0) is 13.8. The summed E-state index contributed by atoms with van der Waals surface area (Å²) >= 11 is 3.47. The second-order valence-corrected chi connectivity index (χ2v) is 5.59. The summed E-state index contributed by atoms with van der Waals surface area (Å²) in [6.07, 6.45) is 1.92. The second kappa shape index (κ2) is 6.17. The molecule has 4 heteroatoms. The minimum absolute atomic E-state index is 0.0217. The summed E-state index contributed by atoms with van der Waals surface area (Å²) < 4.78 is 2.59. The highest BCUT2D eigenvalue weighted by Gasteiger charge is 2.07. The molecule has 0 amide bonds. The van der Waals surface area contributed by atoms with E-state index in [-0.39, 0.29) is 5.56 Å². The van der Waals surface area contributed by atoms with Crippen LogP contribution in [0.2, 0.25) is 0 Å². The number of rotatable bonds is 4. The van der Waals surface area contributed by atoms with Crippen LogP contribution in [0.4, 0.5) is 0 Å². The molecule has 0 atom stereocenters. The highest BCUT2D eigenvalue weighted by atomic mass is 79.9. The average molecular weight is 321 g/mol. The molecule has 1 aromatic heterocycles. The molecule has 0 saturated carbocycles. The quantitative estimate of drug-likeness (QED) is 0.865. The summed E-state index contributed by atoms with van der Waals surface area (Å²) in [5.74, 6) is 0. The van der Waals surface area contributed by atoms with Gasteiger partial charge in [-0.1, -0.05) is 30.3 Å². The van der Waals surface area contributed by atoms with Crippen LogP contribution in [0.5, 0.6) is 0 Å². The zero-order valence-electron chi connectivity index (χ0n) is 11.1. The monoisotopic (exact) mass is 320 g/mol. The van der Waals surface area contributed by atoms with Crippen LogP contribution in [0.1, 0.15) is 0 Å². The fourth-order valence-electron chi connectivity index (χ4n) is 1.86. The lowest BCUT2D eigenvalue weighted by Crippen LogP contribution is -2.26. The lowest BCUT2D eigenvalue weighted by atomic mass is 10.1. The van der Waals surface area contributed by atoms with Gasteiger partial charge in [0.1, 0.15) is 0 Å². The Bertz CT molecular complexity index is 605. The first-order chi connectivity index (χ1) is 9.08. The number of halogens is 1. The number of hydrogen-bond donors (Lipinski definition) is 0. The molecule has 0 bridgehead atoms. The molecule has 19 heavy (non-hydrogen) atoms. The Kier molecular flexibility index (Phi) is 4.56. The first-order valence-electron chi connectivity index (χ1n) is 6.18. The Hall–Kier alpha value is -1.39. The Balaban J connectivity index is 2.40. The maximum absolute atomic E-state index is 12.0. The van der Waals surface area contributed by atoms with Gasteiger partial charge in [-0.25, -0.2) is 0 Å². The van der Waals surface area contributed by atoms with Gasteiger partial charge in [0.15, 0.2) is 0 Å². The van der Waals surface area contributed by atoms with E-state index in [0.29, 0.717) is 6.54 Å². The molecule has 0 saturated heterocycles. The van der Waals surface area contributed by atoms with Crippen molar-refractivity contribution in [3.8, 4) is 11.1 Å². The summed E-state index contributed by atoms with van der Waals surface area (Å²) in [6.45, 7) is 1.54. The SMILES string of the molecule is CN(C)CCn1cc(-c2ccccc2)c(Br)cc1=O. The summed E-state index contributed by atoms with van der Waals surface area (Å²) in [4.78, 5) is 14.0. The molecule has 2 rings (SSSR count). The summed E-state index contributed by atoms with van der Waals surface area (Å²) in [5, 5.41) is 0. The molecule has 0 fully saturated rings. The van der Waals surface area contributed by atoms with E-state index in [1.54, 1.807) is 10.6 Å². The topological polar surface area (TPSA) is 25.2 Å². The van der Waals surface area contributed by atoms with E-state index in [4.69, 9.17) is 0 Å². The van der Waals surface area contributed by atoms with Gasteiger partial charge in [0.25, 0.3) is 5.56 Å². The Morgan fingerprint density at radius 1 is 1.21 bits per heavy atom. The van der Waals surface area contributed by atoms with Crippen molar-refractivity contribution in [3.05, 3.63) is 57.4 Å². The molecule has 0 aliphatic rings. The van der Waals surface area contributed by atoms with Crippen LogP contribution in [-0.2, 0) is 6.54 Å². The van der Waals surface area contributed by atoms with E-state index in [1.165, 1.54) is 0 Å². The van der Waals surface area contributed by atoms with E-state index >= 15 is 0 Å². The summed E-state index contributed by atoms with van der Waals surface area (Å²) in [7, 11) is 4.00. The number of aromatic nitrogens is 1. The molecule has 0 radical (unpaired) electrons. The molecule has 100 valence electrons.